The Kier molecular flexibility index (Phi) is 4.65. The van der Waals surface area contributed by atoms with Gasteiger partial charge in [-0.1, -0.05) is 37.0 Å². The van der Waals surface area contributed by atoms with Gasteiger partial charge in [-0.05, 0) is 24.1 Å². The Balaban J connectivity index is 2.45. The minimum absolute atomic E-state index is 0.183. The zero-order chi connectivity index (χ0) is 14.7. The lowest BCUT2D eigenvalue weighted by molar-refractivity contribution is 0.850. The maximum Gasteiger partial charge on any atom is 0.148 e. The van der Waals surface area contributed by atoms with Crippen molar-refractivity contribution in [2.45, 2.75) is 19.8 Å². The normalized spacial score (nSPS) is 10.7. The molecule has 0 amide bonds. The molecule has 0 saturated carbocycles. The Bertz CT molecular complexity index is 616. The Labute approximate surface area is 127 Å². The van der Waals surface area contributed by atoms with E-state index in [2.05, 4.69) is 20.7 Å². The van der Waals surface area contributed by atoms with Crippen LogP contribution in [-0.2, 0) is 0 Å². The Morgan fingerprint density at radius 2 is 1.85 bits per heavy atom. The van der Waals surface area contributed by atoms with Crippen molar-refractivity contribution < 1.29 is 0 Å². The van der Waals surface area contributed by atoms with E-state index in [9.17, 15) is 0 Å². The quantitative estimate of drug-likeness (QED) is 0.589. The van der Waals surface area contributed by atoms with Crippen LogP contribution < -0.4 is 16.6 Å². The van der Waals surface area contributed by atoms with Crippen LogP contribution in [0.1, 0.15) is 25.3 Å². The summed E-state index contributed by atoms with van der Waals surface area (Å²) in [5.41, 5.74) is 4.14. The van der Waals surface area contributed by atoms with Gasteiger partial charge in [-0.25, -0.2) is 15.8 Å². The number of hydrogen-bond donors (Lipinski definition) is 3. The fraction of sp³-hybridized carbons (Fsp3) is 0.231. The van der Waals surface area contributed by atoms with Crippen molar-refractivity contribution in [3.05, 3.63) is 40.1 Å². The number of nitrogens with two attached hydrogens (primary N) is 1. The van der Waals surface area contributed by atoms with Crippen molar-refractivity contribution in [3.63, 3.8) is 0 Å². The first-order chi connectivity index (χ1) is 9.52. The van der Waals surface area contributed by atoms with Crippen LogP contribution in [0.25, 0.3) is 0 Å². The van der Waals surface area contributed by atoms with Gasteiger partial charge in [0.05, 0.1) is 10.7 Å². The third kappa shape index (κ3) is 3.12. The molecule has 0 atom stereocenters. The van der Waals surface area contributed by atoms with E-state index in [0.717, 1.165) is 5.56 Å². The van der Waals surface area contributed by atoms with Crippen molar-refractivity contribution in [2.24, 2.45) is 5.84 Å². The summed E-state index contributed by atoms with van der Waals surface area (Å²) < 4.78 is 0. The summed E-state index contributed by atoms with van der Waals surface area (Å²) in [6, 6.07) is 5.20. The lowest BCUT2D eigenvalue weighted by Crippen LogP contribution is -2.14. The predicted octanol–water partition coefficient (Wildman–Crippen LogP) is 3.94. The molecule has 2 aromatic rings. The number of anilines is 3. The van der Waals surface area contributed by atoms with Crippen LogP contribution in [0.4, 0.5) is 17.3 Å². The maximum atomic E-state index is 6.15. The first-order valence-corrected chi connectivity index (χ1v) is 6.82. The summed E-state index contributed by atoms with van der Waals surface area (Å²) in [6.07, 6.45) is 1.43. The summed E-state index contributed by atoms with van der Waals surface area (Å²) in [5, 5.41) is 4.33. The van der Waals surface area contributed by atoms with Gasteiger partial charge in [-0.3, -0.25) is 0 Å². The molecule has 7 heteroatoms. The molecule has 4 N–H and O–H groups in total. The summed E-state index contributed by atoms with van der Waals surface area (Å²) in [5.74, 6) is 6.90. The molecule has 0 aliphatic carbocycles. The van der Waals surface area contributed by atoms with Crippen LogP contribution in [0.2, 0.25) is 10.0 Å². The number of nitrogens with zero attached hydrogens (tertiary/aromatic N) is 2. The molecule has 0 aliphatic heterocycles. The Morgan fingerprint density at radius 1 is 1.15 bits per heavy atom. The fourth-order valence-electron chi connectivity index (χ4n) is 1.88. The van der Waals surface area contributed by atoms with E-state index >= 15 is 0 Å². The van der Waals surface area contributed by atoms with E-state index in [0.29, 0.717) is 27.4 Å². The third-order valence-electron chi connectivity index (χ3n) is 2.78. The topological polar surface area (TPSA) is 75.9 Å². The number of hydrazine groups is 1. The molecule has 1 heterocycles. The van der Waals surface area contributed by atoms with Gasteiger partial charge in [-0.2, -0.15) is 0 Å². The molecule has 1 aromatic carbocycles. The first-order valence-electron chi connectivity index (χ1n) is 6.06. The van der Waals surface area contributed by atoms with Gasteiger partial charge in [0.15, 0.2) is 0 Å². The van der Waals surface area contributed by atoms with Gasteiger partial charge in [0.1, 0.15) is 18.0 Å². The summed E-state index contributed by atoms with van der Waals surface area (Å²) >= 11 is 12.1. The molecule has 20 heavy (non-hydrogen) atoms. The van der Waals surface area contributed by atoms with Gasteiger partial charge < -0.3 is 10.7 Å². The van der Waals surface area contributed by atoms with Crippen molar-refractivity contribution in [2.75, 3.05) is 10.7 Å². The molecule has 5 nitrogen and oxygen atoms in total. The highest BCUT2D eigenvalue weighted by Crippen LogP contribution is 2.33. The van der Waals surface area contributed by atoms with Crippen LogP contribution in [-0.4, -0.2) is 9.97 Å². The van der Waals surface area contributed by atoms with Gasteiger partial charge >= 0.3 is 0 Å². The van der Waals surface area contributed by atoms with Crippen molar-refractivity contribution in [3.8, 4) is 0 Å². The maximum absolute atomic E-state index is 6.15. The second-order valence-electron chi connectivity index (χ2n) is 4.53. The molecular weight excluding hydrogens is 297 g/mol. The Morgan fingerprint density at radius 3 is 2.50 bits per heavy atom. The number of halogens is 2. The third-order valence-corrected chi connectivity index (χ3v) is 3.34. The number of nitrogens with one attached hydrogen (secondary N) is 2. The van der Waals surface area contributed by atoms with E-state index in [1.807, 2.05) is 13.8 Å². The van der Waals surface area contributed by atoms with Crippen LogP contribution in [0.15, 0.2) is 24.5 Å². The lowest BCUT2D eigenvalue weighted by atomic mass is 10.0. The molecule has 2 rings (SSSR count). The van der Waals surface area contributed by atoms with E-state index in [1.54, 1.807) is 18.2 Å². The summed E-state index contributed by atoms with van der Waals surface area (Å²) in [7, 11) is 0. The standard InChI is InChI=1S/C13H15Cl2N5/c1-7(2)11-12(17-6-18-13(11)20-16)19-10-5-8(14)3-4-9(10)15/h3-7H,16H2,1-2H3,(H2,17,18,19,20). The number of hydrogen-bond acceptors (Lipinski definition) is 5. The average molecular weight is 312 g/mol. The molecule has 106 valence electrons. The van der Waals surface area contributed by atoms with Gasteiger partial charge in [0.25, 0.3) is 0 Å². The molecule has 0 spiro atoms. The molecule has 0 bridgehead atoms. The number of nitrogen functional groups attached to an aromatic ring is 1. The van der Waals surface area contributed by atoms with Crippen LogP contribution in [0, 0.1) is 0 Å². The molecule has 0 radical (unpaired) electrons. The first kappa shape index (κ1) is 14.8. The summed E-state index contributed by atoms with van der Waals surface area (Å²) in [6.45, 7) is 4.06. The monoisotopic (exact) mass is 311 g/mol. The molecule has 0 saturated heterocycles. The van der Waals surface area contributed by atoms with Crippen molar-refractivity contribution >= 4 is 40.5 Å². The van der Waals surface area contributed by atoms with Crippen LogP contribution in [0.3, 0.4) is 0 Å². The summed E-state index contributed by atoms with van der Waals surface area (Å²) in [4.78, 5) is 8.37. The van der Waals surface area contributed by atoms with Gasteiger partial charge in [0.2, 0.25) is 0 Å². The minimum Gasteiger partial charge on any atom is -0.339 e. The van der Waals surface area contributed by atoms with Crippen LogP contribution in [0.5, 0.6) is 0 Å². The van der Waals surface area contributed by atoms with E-state index in [4.69, 9.17) is 29.0 Å². The minimum atomic E-state index is 0.183. The average Bonchev–Trinajstić information content (AvgIpc) is 2.42. The highest BCUT2D eigenvalue weighted by molar-refractivity contribution is 6.35. The van der Waals surface area contributed by atoms with E-state index < -0.39 is 0 Å². The number of rotatable bonds is 4. The van der Waals surface area contributed by atoms with Crippen LogP contribution >= 0.6 is 23.2 Å². The fourth-order valence-corrected chi connectivity index (χ4v) is 2.21. The lowest BCUT2D eigenvalue weighted by Gasteiger charge is -2.17. The second kappa shape index (κ2) is 6.26. The van der Waals surface area contributed by atoms with Gasteiger partial charge in [-0.15, -0.1) is 0 Å². The van der Waals surface area contributed by atoms with Crippen molar-refractivity contribution in [1.82, 2.24) is 9.97 Å². The zero-order valence-corrected chi connectivity index (χ0v) is 12.6. The predicted molar refractivity (Wildman–Crippen MR) is 83.7 cm³/mol. The number of aromatic nitrogens is 2. The largest absolute Gasteiger partial charge is 0.339 e. The molecule has 0 fully saturated rings. The number of benzene rings is 1. The smallest absolute Gasteiger partial charge is 0.148 e. The molecule has 0 unspecified atom stereocenters. The SMILES string of the molecule is CC(C)c1c(NN)ncnc1Nc1cc(Cl)ccc1Cl. The van der Waals surface area contributed by atoms with Gasteiger partial charge in [0, 0.05) is 10.6 Å². The highest BCUT2D eigenvalue weighted by atomic mass is 35.5. The molecular formula is C13H15Cl2N5. The molecule has 1 aromatic heterocycles. The van der Waals surface area contributed by atoms with E-state index in [-0.39, 0.29) is 5.92 Å². The second-order valence-corrected chi connectivity index (χ2v) is 5.38. The van der Waals surface area contributed by atoms with Crippen molar-refractivity contribution in [1.29, 1.82) is 0 Å². The highest BCUT2D eigenvalue weighted by Gasteiger charge is 2.15. The molecule has 0 aliphatic rings. The van der Waals surface area contributed by atoms with E-state index in [1.165, 1.54) is 6.33 Å². The Hall–Kier alpha value is -1.56. The zero-order valence-electron chi connectivity index (χ0n) is 11.1.